The van der Waals surface area contributed by atoms with Crippen molar-refractivity contribution in [1.29, 1.82) is 0 Å². The van der Waals surface area contributed by atoms with Gasteiger partial charge in [0.05, 0.1) is 8.66 Å². The second-order valence-electron chi connectivity index (χ2n) is 3.06. The zero-order valence-corrected chi connectivity index (χ0v) is 12.2. The number of nitrogens with zero attached hydrogens (tertiary/aromatic N) is 2. The molecule has 16 heavy (non-hydrogen) atoms. The van der Waals surface area contributed by atoms with Crippen LogP contribution in [0.2, 0.25) is 10.3 Å². The van der Waals surface area contributed by atoms with Gasteiger partial charge in [0, 0.05) is 5.56 Å². The first-order valence-corrected chi connectivity index (χ1v) is 6.96. The second kappa shape index (κ2) is 5.00. The highest BCUT2D eigenvalue weighted by atomic mass is 79.9. The number of thiophene rings is 1. The number of hydrogen-bond donors (Lipinski definition) is 0. The topological polar surface area (TPSA) is 25.8 Å². The van der Waals surface area contributed by atoms with E-state index in [2.05, 4.69) is 25.9 Å². The SMILES string of the molecule is CCc1c(Cl)nc(-c2ccc(Br)s2)nc1Cl. The molecule has 0 saturated carbocycles. The van der Waals surface area contributed by atoms with Crippen LogP contribution >= 0.6 is 50.5 Å². The maximum atomic E-state index is 6.05. The van der Waals surface area contributed by atoms with Gasteiger partial charge in [0.25, 0.3) is 0 Å². The van der Waals surface area contributed by atoms with Crippen LogP contribution in [0.4, 0.5) is 0 Å². The molecule has 2 rings (SSSR count). The van der Waals surface area contributed by atoms with E-state index in [-0.39, 0.29) is 0 Å². The Bertz CT molecular complexity index is 504. The van der Waals surface area contributed by atoms with Gasteiger partial charge in [-0.2, -0.15) is 0 Å². The van der Waals surface area contributed by atoms with E-state index in [9.17, 15) is 0 Å². The summed E-state index contributed by atoms with van der Waals surface area (Å²) in [5.74, 6) is 0.572. The smallest absolute Gasteiger partial charge is 0.172 e. The minimum atomic E-state index is 0.432. The Labute approximate surface area is 116 Å². The minimum Gasteiger partial charge on any atom is -0.215 e. The molecule has 0 aliphatic rings. The summed E-state index contributed by atoms with van der Waals surface area (Å²) in [5.41, 5.74) is 0.794. The molecule has 6 heteroatoms. The molecule has 0 atom stereocenters. The Morgan fingerprint density at radius 2 is 1.88 bits per heavy atom. The quantitative estimate of drug-likeness (QED) is 0.733. The van der Waals surface area contributed by atoms with Crippen molar-refractivity contribution < 1.29 is 0 Å². The maximum Gasteiger partial charge on any atom is 0.172 e. The molecular formula is C10H7BrCl2N2S. The number of aromatic nitrogens is 2. The van der Waals surface area contributed by atoms with Crippen LogP contribution < -0.4 is 0 Å². The number of hydrogen-bond acceptors (Lipinski definition) is 3. The lowest BCUT2D eigenvalue weighted by Crippen LogP contribution is -1.95. The average molecular weight is 338 g/mol. The predicted molar refractivity (Wildman–Crippen MR) is 72.4 cm³/mol. The third kappa shape index (κ3) is 2.40. The van der Waals surface area contributed by atoms with Crippen LogP contribution in [0.1, 0.15) is 12.5 Å². The van der Waals surface area contributed by atoms with Crippen LogP contribution in [-0.2, 0) is 6.42 Å². The van der Waals surface area contributed by atoms with Crippen LogP contribution in [0, 0.1) is 0 Å². The molecule has 0 aliphatic carbocycles. The van der Waals surface area contributed by atoms with Gasteiger partial charge in [0.15, 0.2) is 5.82 Å². The van der Waals surface area contributed by atoms with Crippen LogP contribution in [0.3, 0.4) is 0 Å². The first-order chi connectivity index (χ1) is 7.61. The van der Waals surface area contributed by atoms with Crippen molar-refractivity contribution >= 4 is 50.5 Å². The number of rotatable bonds is 2. The molecular weight excluding hydrogens is 331 g/mol. The molecule has 2 heterocycles. The van der Waals surface area contributed by atoms with Crippen LogP contribution in [0.5, 0.6) is 0 Å². The van der Waals surface area contributed by atoms with E-state index in [1.165, 1.54) is 0 Å². The summed E-state index contributed by atoms with van der Waals surface area (Å²) >= 11 is 17.0. The highest BCUT2D eigenvalue weighted by molar-refractivity contribution is 9.11. The van der Waals surface area contributed by atoms with E-state index in [0.717, 1.165) is 20.6 Å². The Kier molecular flexibility index (Phi) is 3.85. The standard InChI is InChI=1S/C10H7BrCl2N2S/c1-2-5-8(12)14-10(15-9(5)13)6-3-4-7(11)16-6/h3-4H,2H2,1H3. The molecule has 0 aromatic carbocycles. The molecule has 84 valence electrons. The Morgan fingerprint density at radius 1 is 1.25 bits per heavy atom. The molecule has 2 aromatic heterocycles. The van der Waals surface area contributed by atoms with E-state index >= 15 is 0 Å². The fraction of sp³-hybridized carbons (Fsp3) is 0.200. The zero-order chi connectivity index (χ0) is 11.7. The Balaban J connectivity index is 2.52. The van der Waals surface area contributed by atoms with Gasteiger partial charge >= 0.3 is 0 Å². The van der Waals surface area contributed by atoms with E-state index in [1.54, 1.807) is 11.3 Å². The van der Waals surface area contributed by atoms with Gasteiger partial charge in [-0.1, -0.05) is 30.1 Å². The van der Waals surface area contributed by atoms with Gasteiger partial charge in [0.2, 0.25) is 0 Å². The first-order valence-electron chi connectivity index (χ1n) is 4.59. The van der Waals surface area contributed by atoms with Crippen LogP contribution in [0.15, 0.2) is 15.9 Å². The summed E-state index contributed by atoms with van der Waals surface area (Å²) in [6, 6.07) is 3.88. The van der Waals surface area contributed by atoms with Crippen molar-refractivity contribution in [2.75, 3.05) is 0 Å². The predicted octanol–water partition coefficient (Wildman–Crippen LogP) is 4.84. The first kappa shape index (κ1) is 12.3. The molecule has 2 nitrogen and oxygen atoms in total. The Morgan fingerprint density at radius 3 is 2.31 bits per heavy atom. The van der Waals surface area contributed by atoms with Crippen LogP contribution in [-0.4, -0.2) is 9.97 Å². The summed E-state index contributed by atoms with van der Waals surface area (Å²) in [6.07, 6.45) is 0.728. The van der Waals surface area contributed by atoms with E-state index < -0.39 is 0 Å². The lowest BCUT2D eigenvalue weighted by atomic mass is 10.2. The summed E-state index contributed by atoms with van der Waals surface area (Å²) in [7, 11) is 0. The Hall–Kier alpha value is -0.160. The summed E-state index contributed by atoms with van der Waals surface area (Å²) < 4.78 is 1.03. The van der Waals surface area contributed by atoms with Crippen molar-refractivity contribution in [3.8, 4) is 10.7 Å². The van der Waals surface area contributed by atoms with E-state index in [1.807, 2.05) is 19.1 Å². The molecule has 0 bridgehead atoms. The van der Waals surface area contributed by atoms with E-state index in [0.29, 0.717) is 16.1 Å². The van der Waals surface area contributed by atoms with Crippen molar-refractivity contribution in [3.05, 3.63) is 31.8 Å². The molecule has 0 saturated heterocycles. The normalized spacial score (nSPS) is 10.8. The van der Waals surface area contributed by atoms with Gasteiger partial charge in [-0.3, -0.25) is 0 Å². The number of halogens is 3. The molecule has 0 N–H and O–H groups in total. The molecule has 0 aliphatic heterocycles. The fourth-order valence-electron chi connectivity index (χ4n) is 1.27. The molecule has 0 unspecified atom stereocenters. The maximum absolute atomic E-state index is 6.05. The average Bonchev–Trinajstić information content (AvgIpc) is 2.64. The van der Waals surface area contributed by atoms with Crippen LogP contribution in [0.25, 0.3) is 10.7 Å². The monoisotopic (exact) mass is 336 g/mol. The lowest BCUT2D eigenvalue weighted by molar-refractivity contribution is 1.05. The van der Waals surface area contributed by atoms with Gasteiger partial charge < -0.3 is 0 Å². The molecule has 0 fully saturated rings. The summed E-state index contributed by atoms with van der Waals surface area (Å²) in [5, 5.41) is 0.865. The van der Waals surface area contributed by atoms with Crippen molar-refractivity contribution in [3.63, 3.8) is 0 Å². The van der Waals surface area contributed by atoms with Gasteiger partial charge in [0.1, 0.15) is 10.3 Å². The van der Waals surface area contributed by atoms with Crippen molar-refractivity contribution in [2.45, 2.75) is 13.3 Å². The van der Waals surface area contributed by atoms with Gasteiger partial charge in [-0.15, -0.1) is 11.3 Å². The second-order valence-corrected chi connectivity index (χ2v) is 6.24. The molecule has 0 amide bonds. The summed E-state index contributed by atoms with van der Waals surface area (Å²) in [6.45, 7) is 1.97. The fourth-order valence-corrected chi connectivity index (χ4v) is 3.24. The zero-order valence-electron chi connectivity index (χ0n) is 8.30. The molecule has 2 aromatic rings. The van der Waals surface area contributed by atoms with Gasteiger partial charge in [-0.05, 0) is 34.5 Å². The lowest BCUT2D eigenvalue weighted by Gasteiger charge is -2.04. The van der Waals surface area contributed by atoms with Gasteiger partial charge in [-0.25, -0.2) is 9.97 Å². The molecule has 0 spiro atoms. The third-order valence-electron chi connectivity index (χ3n) is 2.05. The molecule has 0 radical (unpaired) electrons. The van der Waals surface area contributed by atoms with Crippen molar-refractivity contribution in [2.24, 2.45) is 0 Å². The highest BCUT2D eigenvalue weighted by Gasteiger charge is 2.12. The summed E-state index contributed by atoms with van der Waals surface area (Å²) in [4.78, 5) is 9.44. The van der Waals surface area contributed by atoms with Crippen molar-refractivity contribution in [1.82, 2.24) is 9.97 Å². The highest BCUT2D eigenvalue weighted by Crippen LogP contribution is 2.32. The minimum absolute atomic E-state index is 0.432. The van der Waals surface area contributed by atoms with E-state index in [4.69, 9.17) is 23.2 Å². The third-order valence-corrected chi connectivity index (χ3v) is 4.30. The largest absolute Gasteiger partial charge is 0.215 e.